The van der Waals surface area contributed by atoms with Crippen molar-refractivity contribution in [3.63, 3.8) is 0 Å². The summed E-state index contributed by atoms with van der Waals surface area (Å²) in [4.78, 5) is 11.4. The van der Waals surface area contributed by atoms with E-state index in [4.69, 9.17) is 14.6 Å². The molecule has 14 heteroatoms. The zero-order valence-corrected chi connectivity index (χ0v) is 20.8. The van der Waals surface area contributed by atoms with E-state index in [2.05, 4.69) is 5.10 Å². The van der Waals surface area contributed by atoms with E-state index in [0.717, 1.165) is 28.4 Å². The lowest BCUT2D eigenvalue weighted by Gasteiger charge is -2.10. The van der Waals surface area contributed by atoms with Crippen molar-refractivity contribution >= 4 is 38.2 Å². The lowest BCUT2D eigenvalue weighted by atomic mass is 10.1. The molecule has 0 atom stereocenters. The molecule has 0 saturated heterocycles. The number of methoxy groups -OCH3 is 2. The molecule has 9 nitrogen and oxygen atoms in total. The van der Waals surface area contributed by atoms with E-state index in [9.17, 15) is 26.4 Å². The van der Waals surface area contributed by atoms with Gasteiger partial charge in [-0.15, -0.1) is 11.3 Å². The summed E-state index contributed by atoms with van der Waals surface area (Å²) in [5.41, 5.74) is -0.272. The lowest BCUT2D eigenvalue weighted by molar-refractivity contribution is -0.143. The highest BCUT2D eigenvalue weighted by Gasteiger charge is 2.35. The van der Waals surface area contributed by atoms with Crippen LogP contribution in [0.1, 0.15) is 17.7 Å². The second-order valence-corrected chi connectivity index (χ2v) is 10.9. The Hall–Kier alpha value is -3.52. The first kappa shape index (κ1) is 25.6. The minimum atomic E-state index is -4.61. The maximum atomic E-state index is 13.6. The molecular weight excluding hydrogens is 523 g/mol. The number of carboxylic acid groups (broad SMARTS) is 1. The number of benzene rings is 1. The van der Waals surface area contributed by atoms with Crippen LogP contribution < -0.4 is 9.47 Å². The number of nitrogens with zero attached hydrogens (tertiary/aromatic N) is 3. The Kier molecular flexibility index (Phi) is 6.51. The number of aromatic nitrogens is 3. The van der Waals surface area contributed by atoms with Gasteiger partial charge in [-0.2, -0.15) is 26.7 Å². The zero-order valence-electron chi connectivity index (χ0n) is 19.2. The van der Waals surface area contributed by atoms with Crippen molar-refractivity contribution in [3.05, 3.63) is 47.8 Å². The first-order valence-electron chi connectivity index (χ1n) is 10.3. The van der Waals surface area contributed by atoms with Crippen LogP contribution in [0, 0.1) is 0 Å². The monoisotopic (exact) mass is 543 g/mol. The Morgan fingerprint density at radius 1 is 1.14 bits per heavy atom. The van der Waals surface area contributed by atoms with E-state index in [-0.39, 0.29) is 38.9 Å². The molecule has 1 N–H and O–H groups in total. The van der Waals surface area contributed by atoms with Gasteiger partial charge in [0.25, 0.3) is 10.0 Å². The quantitative estimate of drug-likeness (QED) is 0.351. The number of aryl methyl sites for hydroxylation is 2. The average molecular weight is 544 g/mol. The number of rotatable bonds is 8. The van der Waals surface area contributed by atoms with Gasteiger partial charge in [0.1, 0.15) is 15.6 Å². The summed E-state index contributed by atoms with van der Waals surface area (Å²) in [6.07, 6.45) is -3.43. The van der Waals surface area contributed by atoms with Gasteiger partial charge in [-0.05, 0) is 36.2 Å². The smallest absolute Gasteiger partial charge is 0.433 e. The molecule has 4 aromatic rings. The van der Waals surface area contributed by atoms with Crippen LogP contribution in [0.3, 0.4) is 0 Å². The van der Waals surface area contributed by atoms with Crippen molar-refractivity contribution in [1.29, 1.82) is 0 Å². The number of hydrogen-bond donors (Lipinski definition) is 1. The van der Waals surface area contributed by atoms with Crippen LogP contribution >= 0.6 is 11.3 Å². The van der Waals surface area contributed by atoms with Crippen LogP contribution in [-0.2, 0) is 34.5 Å². The van der Waals surface area contributed by atoms with E-state index < -0.39 is 27.9 Å². The predicted molar refractivity (Wildman–Crippen MR) is 125 cm³/mol. The summed E-state index contributed by atoms with van der Waals surface area (Å²) >= 11 is 0.772. The highest BCUT2D eigenvalue weighted by Crippen LogP contribution is 2.39. The minimum absolute atomic E-state index is 0.0119. The van der Waals surface area contributed by atoms with Crippen LogP contribution in [-0.4, -0.2) is 47.5 Å². The number of fused-ring (bicyclic) bond motifs is 1. The van der Waals surface area contributed by atoms with Crippen LogP contribution in [0.4, 0.5) is 13.2 Å². The fourth-order valence-electron chi connectivity index (χ4n) is 3.77. The van der Waals surface area contributed by atoms with Gasteiger partial charge in [0.2, 0.25) is 0 Å². The third-order valence-corrected chi connectivity index (χ3v) is 8.73. The molecule has 0 aliphatic heterocycles. The van der Waals surface area contributed by atoms with E-state index in [0.29, 0.717) is 21.4 Å². The molecule has 0 aliphatic rings. The first-order valence-corrected chi connectivity index (χ1v) is 12.6. The molecule has 36 heavy (non-hydrogen) atoms. The van der Waals surface area contributed by atoms with Crippen molar-refractivity contribution < 1.29 is 41.0 Å². The Morgan fingerprint density at radius 3 is 2.39 bits per heavy atom. The van der Waals surface area contributed by atoms with Crippen molar-refractivity contribution in [3.8, 4) is 22.1 Å². The Balaban J connectivity index is 1.83. The summed E-state index contributed by atoms with van der Waals surface area (Å²) < 4.78 is 78.9. The maximum Gasteiger partial charge on any atom is 0.433 e. The number of thiophene rings is 1. The molecule has 0 unspecified atom stereocenters. The predicted octanol–water partition coefficient (Wildman–Crippen LogP) is 4.39. The molecule has 0 saturated carbocycles. The number of alkyl halides is 3. The second kappa shape index (κ2) is 9.17. The second-order valence-electron chi connectivity index (χ2n) is 7.73. The zero-order chi connectivity index (χ0) is 26.4. The molecule has 0 aliphatic carbocycles. The van der Waals surface area contributed by atoms with Gasteiger partial charge in [0.15, 0.2) is 11.5 Å². The molecule has 192 valence electrons. The maximum absolute atomic E-state index is 13.6. The van der Waals surface area contributed by atoms with Crippen molar-refractivity contribution in [2.75, 3.05) is 14.2 Å². The standard InChI is InChI=1S/C22H20F3N3O6S2/c1-27-19(22(23,24)25)9-14(26-27)18-5-7-21(35-18)36(31,32)28-11-12(4-6-20(29)30)13-8-16(33-2)17(34-3)10-15(13)28/h5,7-11H,4,6H2,1-3H3,(H,29,30). The van der Waals surface area contributed by atoms with Gasteiger partial charge in [-0.25, -0.2) is 3.97 Å². The molecular formula is C22H20F3N3O6S2. The van der Waals surface area contributed by atoms with E-state index in [1.807, 2.05) is 0 Å². The topological polar surface area (TPSA) is 113 Å². The first-order chi connectivity index (χ1) is 16.9. The van der Waals surface area contributed by atoms with E-state index >= 15 is 0 Å². The number of ether oxygens (including phenoxy) is 2. The highest BCUT2D eigenvalue weighted by atomic mass is 32.2. The third-order valence-electron chi connectivity index (χ3n) is 5.48. The van der Waals surface area contributed by atoms with Crippen LogP contribution in [0.5, 0.6) is 11.5 Å². The molecule has 0 fully saturated rings. The highest BCUT2D eigenvalue weighted by molar-refractivity contribution is 7.92. The fraction of sp³-hybridized carbons (Fsp3) is 0.273. The van der Waals surface area contributed by atoms with Crippen LogP contribution in [0.2, 0.25) is 0 Å². The number of hydrogen-bond acceptors (Lipinski definition) is 7. The van der Waals surface area contributed by atoms with E-state index in [1.165, 1.54) is 38.6 Å². The molecule has 3 heterocycles. The fourth-order valence-corrected chi connectivity index (χ4v) is 6.51. The van der Waals surface area contributed by atoms with Crippen LogP contribution in [0.15, 0.2) is 40.7 Å². The minimum Gasteiger partial charge on any atom is -0.493 e. The van der Waals surface area contributed by atoms with Gasteiger partial charge in [0.05, 0.1) is 24.6 Å². The summed E-state index contributed by atoms with van der Waals surface area (Å²) in [5, 5.41) is 13.4. The number of carbonyl (C=O) groups is 1. The SMILES string of the molecule is COc1cc2c(CCC(=O)O)cn(S(=O)(=O)c3ccc(-c4cc(C(F)(F)F)n(C)n4)s3)c2cc1OC. The molecule has 3 aromatic heterocycles. The Bertz CT molecular complexity index is 1570. The molecule has 0 bridgehead atoms. The third kappa shape index (κ3) is 4.53. The number of carboxylic acids is 1. The largest absolute Gasteiger partial charge is 0.493 e. The summed E-state index contributed by atoms with van der Waals surface area (Å²) in [6.45, 7) is 0. The Morgan fingerprint density at radius 2 is 1.81 bits per heavy atom. The Labute approximate surface area is 207 Å². The van der Waals surface area contributed by atoms with Crippen LogP contribution in [0.25, 0.3) is 21.5 Å². The van der Waals surface area contributed by atoms with Crippen molar-refractivity contribution in [2.24, 2.45) is 7.05 Å². The molecule has 4 rings (SSSR count). The van der Waals surface area contributed by atoms with Crippen molar-refractivity contribution in [2.45, 2.75) is 23.2 Å². The van der Waals surface area contributed by atoms with Gasteiger partial charge in [0, 0.05) is 31.1 Å². The van der Waals surface area contributed by atoms with Crippen molar-refractivity contribution in [1.82, 2.24) is 13.8 Å². The summed E-state index contributed by atoms with van der Waals surface area (Å²) in [6, 6.07) is 6.58. The summed E-state index contributed by atoms with van der Waals surface area (Å²) in [5.74, 6) is -0.439. The van der Waals surface area contributed by atoms with Gasteiger partial charge in [-0.3, -0.25) is 9.48 Å². The molecule has 0 radical (unpaired) electrons. The summed E-state index contributed by atoms with van der Waals surface area (Å²) in [7, 11) is -0.242. The van der Waals surface area contributed by atoms with E-state index in [1.54, 1.807) is 6.07 Å². The molecule has 0 spiro atoms. The number of halogens is 3. The lowest BCUT2D eigenvalue weighted by Crippen LogP contribution is -2.11. The normalized spacial score (nSPS) is 12.3. The number of aliphatic carboxylic acids is 1. The average Bonchev–Trinajstić information content (AvgIpc) is 3.53. The van der Waals surface area contributed by atoms with Gasteiger partial charge >= 0.3 is 12.1 Å². The van der Waals surface area contributed by atoms with Gasteiger partial charge in [-0.1, -0.05) is 0 Å². The molecule has 1 aromatic carbocycles. The molecule has 0 amide bonds. The van der Waals surface area contributed by atoms with Gasteiger partial charge < -0.3 is 14.6 Å².